The fourth-order valence-corrected chi connectivity index (χ4v) is 5.56. The number of halogens is 4. The van der Waals surface area contributed by atoms with Crippen LogP contribution in [-0.2, 0) is 12.7 Å². The Bertz CT molecular complexity index is 1050. The number of nitrogens with zero attached hydrogens (tertiary/aromatic N) is 5. The Morgan fingerprint density at radius 1 is 1.11 bits per heavy atom. The number of nitrogens with one attached hydrogen (secondary N) is 1. The fraction of sp³-hybridized carbons (Fsp3) is 0.542. The number of likely N-dealkylation sites (tertiary alicyclic amines) is 1. The number of aromatic nitrogens is 2. The van der Waals surface area contributed by atoms with E-state index in [1.165, 1.54) is 12.1 Å². The van der Waals surface area contributed by atoms with Crippen LogP contribution in [0, 0.1) is 11.2 Å². The normalized spacial score (nSPS) is 22.6. The van der Waals surface area contributed by atoms with Gasteiger partial charge in [-0.15, -0.1) is 0 Å². The molecule has 2 saturated heterocycles. The molecule has 1 aliphatic carbocycles. The second kappa shape index (κ2) is 8.92. The van der Waals surface area contributed by atoms with Gasteiger partial charge in [0, 0.05) is 51.4 Å². The van der Waals surface area contributed by atoms with Crippen LogP contribution in [0.1, 0.15) is 31.0 Å². The summed E-state index contributed by atoms with van der Waals surface area (Å²) >= 11 is 0. The molecule has 2 aromatic rings. The van der Waals surface area contributed by atoms with E-state index in [2.05, 4.69) is 20.2 Å². The van der Waals surface area contributed by atoms with Gasteiger partial charge in [-0.2, -0.15) is 13.2 Å². The Morgan fingerprint density at radius 2 is 1.83 bits per heavy atom. The molecule has 2 amide bonds. The summed E-state index contributed by atoms with van der Waals surface area (Å²) < 4.78 is 51.2. The zero-order chi connectivity index (χ0) is 24.8. The van der Waals surface area contributed by atoms with E-state index in [9.17, 15) is 22.4 Å². The van der Waals surface area contributed by atoms with Crippen LogP contribution in [0.5, 0.6) is 0 Å². The van der Waals surface area contributed by atoms with E-state index in [4.69, 9.17) is 0 Å². The SMILES string of the molecule is C[C@@H]1CN(c2cnc(C(F)(F)F)cn2)CCN1C(=O)NC1CC2(C1)CN(Cc1ccc(F)cc1)C2. The topological polar surface area (TPSA) is 64.6 Å². The standard InChI is InChI=1S/C24H28F4N6O/c1-16-12-33(21-11-29-20(10-30-21)24(26,27)28)6-7-34(16)22(35)31-19-8-23(9-19)14-32(15-23)13-17-2-4-18(25)5-3-17/h2-5,10-11,16,19H,6-9,12-15H2,1H3,(H,31,35)/t16-/m1/s1. The minimum absolute atomic E-state index is 0.0991. The van der Waals surface area contributed by atoms with Gasteiger partial charge in [0.25, 0.3) is 0 Å². The maximum atomic E-state index is 13.1. The Morgan fingerprint density at radius 3 is 2.43 bits per heavy atom. The summed E-state index contributed by atoms with van der Waals surface area (Å²) in [6.07, 6.45) is -0.734. The molecule has 1 N–H and O–H groups in total. The molecule has 0 radical (unpaired) electrons. The maximum absolute atomic E-state index is 13.1. The summed E-state index contributed by atoms with van der Waals surface area (Å²) in [6, 6.07) is 6.54. The van der Waals surface area contributed by atoms with Crippen molar-refractivity contribution in [3.8, 4) is 0 Å². The molecule has 2 aliphatic heterocycles. The van der Waals surface area contributed by atoms with Crippen LogP contribution in [0.4, 0.5) is 28.2 Å². The first-order valence-corrected chi connectivity index (χ1v) is 11.8. The Labute approximate surface area is 201 Å². The summed E-state index contributed by atoms with van der Waals surface area (Å²) in [4.78, 5) is 26.2. The molecule has 188 valence electrons. The lowest BCUT2D eigenvalue weighted by Crippen LogP contribution is -2.67. The van der Waals surface area contributed by atoms with Gasteiger partial charge in [0.15, 0.2) is 5.69 Å². The monoisotopic (exact) mass is 492 g/mol. The van der Waals surface area contributed by atoms with Crippen molar-refractivity contribution in [2.75, 3.05) is 37.6 Å². The van der Waals surface area contributed by atoms with Gasteiger partial charge in [-0.3, -0.25) is 4.90 Å². The van der Waals surface area contributed by atoms with Gasteiger partial charge in [-0.05, 0) is 42.9 Å². The van der Waals surface area contributed by atoms with E-state index >= 15 is 0 Å². The number of amides is 2. The average molecular weight is 493 g/mol. The third-order valence-corrected chi connectivity index (χ3v) is 7.26. The number of alkyl halides is 3. The Hall–Kier alpha value is -2.95. The summed E-state index contributed by atoms with van der Waals surface area (Å²) in [5.74, 6) is 0.149. The molecule has 1 atom stereocenters. The number of hydrogen-bond acceptors (Lipinski definition) is 5. The molecule has 7 nitrogen and oxygen atoms in total. The number of piperazine rings is 1. The van der Waals surface area contributed by atoms with Crippen molar-refractivity contribution in [3.63, 3.8) is 0 Å². The third kappa shape index (κ3) is 5.05. The third-order valence-electron chi connectivity index (χ3n) is 7.26. The predicted molar refractivity (Wildman–Crippen MR) is 121 cm³/mol. The molecule has 1 aromatic carbocycles. The summed E-state index contributed by atoms with van der Waals surface area (Å²) in [7, 11) is 0. The van der Waals surface area contributed by atoms with E-state index < -0.39 is 11.9 Å². The van der Waals surface area contributed by atoms with Crippen molar-refractivity contribution in [3.05, 3.63) is 53.7 Å². The molecule has 1 aromatic heterocycles. The molecule has 3 aliphatic rings. The van der Waals surface area contributed by atoms with Gasteiger partial charge in [0.2, 0.25) is 0 Å². The zero-order valence-electron chi connectivity index (χ0n) is 19.4. The molecule has 35 heavy (non-hydrogen) atoms. The number of anilines is 1. The van der Waals surface area contributed by atoms with Gasteiger partial charge in [0.1, 0.15) is 11.6 Å². The largest absolute Gasteiger partial charge is 0.434 e. The minimum Gasteiger partial charge on any atom is -0.352 e. The smallest absolute Gasteiger partial charge is 0.352 e. The lowest BCUT2D eigenvalue weighted by Gasteiger charge is -2.59. The van der Waals surface area contributed by atoms with Crippen LogP contribution < -0.4 is 10.2 Å². The maximum Gasteiger partial charge on any atom is 0.434 e. The lowest BCUT2D eigenvalue weighted by molar-refractivity contribution is -0.141. The van der Waals surface area contributed by atoms with Crippen molar-refractivity contribution >= 4 is 11.8 Å². The molecule has 0 bridgehead atoms. The summed E-state index contributed by atoms with van der Waals surface area (Å²) in [5.41, 5.74) is 0.347. The average Bonchev–Trinajstić information content (AvgIpc) is 2.77. The highest BCUT2D eigenvalue weighted by Crippen LogP contribution is 2.48. The highest BCUT2D eigenvalue weighted by atomic mass is 19.4. The molecule has 11 heteroatoms. The lowest BCUT2D eigenvalue weighted by atomic mass is 9.60. The molecule has 3 fully saturated rings. The van der Waals surface area contributed by atoms with Crippen LogP contribution in [0.3, 0.4) is 0 Å². The van der Waals surface area contributed by atoms with Crippen molar-refractivity contribution in [1.82, 2.24) is 25.1 Å². The van der Waals surface area contributed by atoms with E-state index in [1.807, 2.05) is 24.0 Å². The van der Waals surface area contributed by atoms with E-state index in [-0.39, 0.29) is 29.3 Å². The van der Waals surface area contributed by atoms with E-state index in [1.54, 1.807) is 4.90 Å². The number of rotatable bonds is 4. The summed E-state index contributed by atoms with van der Waals surface area (Å²) in [6.45, 7) is 6.11. The molecule has 3 heterocycles. The van der Waals surface area contributed by atoms with Gasteiger partial charge in [-0.1, -0.05) is 12.1 Å². The number of benzene rings is 1. The summed E-state index contributed by atoms with van der Waals surface area (Å²) in [5, 5.41) is 3.14. The second-order valence-corrected chi connectivity index (χ2v) is 10.1. The van der Waals surface area contributed by atoms with Crippen LogP contribution in [0.25, 0.3) is 0 Å². The number of carbonyl (C=O) groups is 1. The molecule has 1 saturated carbocycles. The predicted octanol–water partition coefficient (Wildman–Crippen LogP) is 3.52. The Balaban J connectivity index is 1.05. The first-order valence-electron chi connectivity index (χ1n) is 11.8. The molecule has 0 unspecified atom stereocenters. The highest BCUT2D eigenvalue weighted by Gasteiger charge is 2.52. The van der Waals surface area contributed by atoms with Crippen LogP contribution in [0.2, 0.25) is 0 Å². The van der Waals surface area contributed by atoms with Crippen molar-refractivity contribution < 1.29 is 22.4 Å². The van der Waals surface area contributed by atoms with Crippen LogP contribution >= 0.6 is 0 Å². The van der Waals surface area contributed by atoms with Gasteiger partial charge >= 0.3 is 12.2 Å². The number of hydrogen-bond donors (Lipinski definition) is 1. The molecule has 1 spiro atoms. The molecular weight excluding hydrogens is 464 g/mol. The van der Waals surface area contributed by atoms with E-state index in [0.717, 1.165) is 50.4 Å². The second-order valence-electron chi connectivity index (χ2n) is 10.1. The molecular formula is C24H28F4N6O. The fourth-order valence-electron chi connectivity index (χ4n) is 5.56. The first kappa shape index (κ1) is 23.8. The Kier molecular flexibility index (Phi) is 6.06. The zero-order valence-corrected chi connectivity index (χ0v) is 19.4. The highest BCUT2D eigenvalue weighted by molar-refractivity contribution is 5.75. The van der Waals surface area contributed by atoms with Crippen LogP contribution in [-0.4, -0.2) is 70.6 Å². The van der Waals surface area contributed by atoms with Crippen molar-refractivity contribution in [2.24, 2.45) is 5.41 Å². The van der Waals surface area contributed by atoms with Gasteiger partial charge < -0.3 is 15.1 Å². The minimum atomic E-state index is -4.52. The molecule has 5 rings (SSSR count). The number of urea groups is 1. The first-order chi connectivity index (χ1) is 16.6. The number of carbonyl (C=O) groups excluding carboxylic acids is 1. The van der Waals surface area contributed by atoms with Crippen molar-refractivity contribution in [2.45, 2.75) is 44.6 Å². The van der Waals surface area contributed by atoms with Crippen molar-refractivity contribution in [1.29, 1.82) is 0 Å². The quantitative estimate of drug-likeness (QED) is 0.662. The van der Waals surface area contributed by atoms with Crippen LogP contribution in [0.15, 0.2) is 36.7 Å². The van der Waals surface area contributed by atoms with Gasteiger partial charge in [0.05, 0.1) is 12.4 Å². The van der Waals surface area contributed by atoms with Gasteiger partial charge in [-0.25, -0.2) is 19.2 Å². The van der Waals surface area contributed by atoms with E-state index in [0.29, 0.717) is 25.5 Å².